The van der Waals surface area contributed by atoms with Crippen LogP contribution in [0.4, 0.5) is 0 Å². The van der Waals surface area contributed by atoms with Gasteiger partial charge in [-0.25, -0.2) is 0 Å². The summed E-state index contributed by atoms with van der Waals surface area (Å²) >= 11 is 0. The van der Waals surface area contributed by atoms with E-state index < -0.39 is 0 Å². The van der Waals surface area contributed by atoms with Crippen LogP contribution in [0.15, 0.2) is 0 Å². The van der Waals surface area contributed by atoms with Crippen molar-refractivity contribution in [2.24, 2.45) is 11.8 Å². The zero-order valence-corrected chi connectivity index (χ0v) is 13.3. The number of esters is 1. The van der Waals surface area contributed by atoms with Gasteiger partial charge >= 0.3 is 5.97 Å². The Kier molecular flexibility index (Phi) is 5.44. The third-order valence-electron chi connectivity index (χ3n) is 5.31. The van der Waals surface area contributed by atoms with Crippen LogP contribution in [0.3, 0.4) is 0 Å². The van der Waals surface area contributed by atoms with Gasteiger partial charge in [0.15, 0.2) is 0 Å². The first-order valence-electron chi connectivity index (χ1n) is 8.14. The Hall–Kier alpha value is -0.610. The normalized spacial score (nSPS) is 32.9. The highest BCUT2D eigenvalue weighted by atomic mass is 16.5. The molecule has 1 saturated carbocycles. The van der Waals surface area contributed by atoms with Gasteiger partial charge in [-0.1, -0.05) is 13.8 Å². The van der Waals surface area contributed by atoms with E-state index in [9.17, 15) is 4.79 Å². The second-order valence-corrected chi connectivity index (χ2v) is 6.70. The maximum Gasteiger partial charge on any atom is 0.326 e. The highest BCUT2D eigenvalue weighted by Gasteiger charge is 2.47. The van der Waals surface area contributed by atoms with Gasteiger partial charge in [0.05, 0.1) is 7.11 Å². The molecule has 2 rings (SSSR count). The molecule has 116 valence electrons. The molecule has 0 aromatic carbocycles. The van der Waals surface area contributed by atoms with Crippen molar-refractivity contribution >= 4 is 5.97 Å². The fraction of sp³-hybridized carbons (Fsp3) is 0.938. The Labute approximate surface area is 123 Å². The van der Waals surface area contributed by atoms with Gasteiger partial charge in [-0.15, -0.1) is 0 Å². The minimum atomic E-state index is -0.355. The minimum absolute atomic E-state index is 0.0124. The van der Waals surface area contributed by atoms with Gasteiger partial charge in [-0.2, -0.15) is 0 Å². The number of hydrogen-bond acceptors (Lipinski definition) is 4. The van der Waals surface area contributed by atoms with Crippen LogP contribution in [-0.2, 0) is 9.53 Å². The molecule has 1 heterocycles. The van der Waals surface area contributed by atoms with Crippen LogP contribution in [0.1, 0.15) is 46.0 Å². The SMILES string of the molecule is COC(=O)C1(N2CCCNCC2)CCC(C(C)C)CC1. The van der Waals surface area contributed by atoms with Crippen LogP contribution in [-0.4, -0.2) is 49.7 Å². The van der Waals surface area contributed by atoms with Crippen molar-refractivity contribution in [3.8, 4) is 0 Å². The summed E-state index contributed by atoms with van der Waals surface area (Å²) in [4.78, 5) is 14.9. The lowest BCUT2D eigenvalue weighted by molar-refractivity contribution is -0.159. The zero-order chi connectivity index (χ0) is 14.6. The monoisotopic (exact) mass is 282 g/mol. The van der Waals surface area contributed by atoms with Crippen LogP contribution in [0.25, 0.3) is 0 Å². The van der Waals surface area contributed by atoms with Crippen LogP contribution >= 0.6 is 0 Å². The minimum Gasteiger partial charge on any atom is -0.468 e. The number of methoxy groups -OCH3 is 1. The Morgan fingerprint density at radius 2 is 1.95 bits per heavy atom. The summed E-state index contributed by atoms with van der Waals surface area (Å²) in [5.41, 5.74) is -0.355. The lowest BCUT2D eigenvalue weighted by atomic mass is 9.72. The molecular weight excluding hydrogens is 252 g/mol. The van der Waals surface area contributed by atoms with Crippen molar-refractivity contribution in [3.05, 3.63) is 0 Å². The van der Waals surface area contributed by atoms with Gasteiger partial charge in [0.25, 0.3) is 0 Å². The smallest absolute Gasteiger partial charge is 0.326 e. The number of nitrogens with one attached hydrogen (secondary N) is 1. The average Bonchev–Trinajstić information content (AvgIpc) is 2.75. The van der Waals surface area contributed by atoms with E-state index in [1.807, 2.05) is 0 Å². The summed E-state index contributed by atoms with van der Waals surface area (Å²) < 4.78 is 5.18. The van der Waals surface area contributed by atoms with E-state index in [1.54, 1.807) is 0 Å². The van der Waals surface area contributed by atoms with E-state index in [4.69, 9.17) is 4.74 Å². The predicted octanol–water partition coefficient (Wildman–Crippen LogP) is 2.04. The largest absolute Gasteiger partial charge is 0.468 e. The molecule has 4 heteroatoms. The fourth-order valence-corrected chi connectivity index (χ4v) is 3.90. The number of ether oxygens (including phenoxy) is 1. The summed E-state index contributed by atoms with van der Waals surface area (Å²) in [6.45, 7) is 8.60. The molecule has 0 amide bonds. The quantitative estimate of drug-likeness (QED) is 0.804. The number of hydrogen-bond donors (Lipinski definition) is 1. The Morgan fingerprint density at radius 3 is 2.55 bits per heavy atom. The Balaban J connectivity index is 2.12. The van der Waals surface area contributed by atoms with E-state index in [1.165, 1.54) is 7.11 Å². The number of nitrogens with zero attached hydrogens (tertiary/aromatic N) is 1. The van der Waals surface area contributed by atoms with Gasteiger partial charge < -0.3 is 10.1 Å². The predicted molar refractivity (Wildman–Crippen MR) is 80.6 cm³/mol. The molecule has 1 saturated heterocycles. The Bertz CT molecular complexity index is 314. The maximum absolute atomic E-state index is 12.5. The van der Waals surface area contributed by atoms with E-state index >= 15 is 0 Å². The first-order valence-corrected chi connectivity index (χ1v) is 8.14. The van der Waals surface area contributed by atoms with E-state index in [0.29, 0.717) is 0 Å². The molecular formula is C16H30N2O2. The standard InChI is InChI=1S/C16H30N2O2/c1-13(2)14-5-7-16(8-6-14,15(19)20-3)18-11-4-9-17-10-12-18/h13-14,17H,4-12H2,1-3H3. The van der Waals surface area contributed by atoms with Crippen LogP contribution in [0.5, 0.6) is 0 Å². The zero-order valence-electron chi connectivity index (χ0n) is 13.3. The summed E-state index contributed by atoms with van der Waals surface area (Å²) in [5, 5.41) is 3.42. The lowest BCUT2D eigenvalue weighted by Gasteiger charge is -2.46. The molecule has 0 spiro atoms. The van der Waals surface area contributed by atoms with Gasteiger partial charge in [-0.3, -0.25) is 9.69 Å². The van der Waals surface area contributed by atoms with E-state index in [-0.39, 0.29) is 11.5 Å². The molecule has 0 bridgehead atoms. The molecule has 2 fully saturated rings. The van der Waals surface area contributed by atoms with Gasteiger partial charge in [0.1, 0.15) is 5.54 Å². The number of carbonyl (C=O) groups is 1. The molecule has 0 aromatic heterocycles. The summed E-state index contributed by atoms with van der Waals surface area (Å²) in [5.74, 6) is 1.47. The van der Waals surface area contributed by atoms with Crippen molar-refractivity contribution in [1.29, 1.82) is 0 Å². The fourth-order valence-electron chi connectivity index (χ4n) is 3.90. The summed E-state index contributed by atoms with van der Waals surface area (Å²) in [6, 6.07) is 0. The first kappa shape index (κ1) is 15.8. The average molecular weight is 282 g/mol. The third kappa shape index (κ3) is 3.17. The van der Waals surface area contributed by atoms with Gasteiger partial charge in [0.2, 0.25) is 0 Å². The molecule has 20 heavy (non-hydrogen) atoms. The lowest BCUT2D eigenvalue weighted by Crippen LogP contribution is -2.58. The maximum atomic E-state index is 12.5. The van der Waals surface area contributed by atoms with Crippen LogP contribution in [0, 0.1) is 11.8 Å². The molecule has 1 N–H and O–H groups in total. The Morgan fingerprint density at radius 1 is 1.25 bits per heavy atom. The second-order valence-electron chi connectivity index (χ2n) is 6.70. The van der Waals surface area contributed by atoms with Gasteiger partial charge in [0, 0.05) is 19.6 Å². The van der Waals surface area contributed by atoms with Crippen molar-refractivity contribution in [1.82, 2.24) is 10.2 Å². The van der Waals surface area contributed by atoms with E-state index in [2.05, 4.69) is 24.1 Å². The number of carbonyl (C=O) groups excluding carboxylic acids is 1. The molecule has 0 unspecified atom stereocenters. The van der Waals surface area contributed by atoms with Crippen LogP contribution < -0.4 is 5.32 Å². The third-order valence-corrected chi connectivity index (χ3v) is 5.31. The summed E-state index contributed by atoms with van der Waals surface area (Å²) in [6.07, 6.45) is 5.34. The molecule has 0 atom stereocenters. The molecule has 1 aliphatic heterocycles. The van der Waals surface area contributed by atoms with E-state index in [0.717, 1.165) is 70.1 Å². The van der Waals surface area contributed by atoms with Gasteiger partial charge in [-0.05, 0) is 50.5 Å². The van der Waals surface area contributed by atoms with Crippen molar-refractivity contribution < 1.29 is 9.53 Å². The number of rotatable bonds is 3. The molecule has 4 nitrogen and oxygen atoms in total. The molecule has 0 aromatic rings. The van der Waals surface area contributed by atoms with Crippen molar-refractivity contribution in [3.63, 3.8) is 0 Å². The summed E-state index contributed by atoms with van der Waals surface area (Å²) in [7, 11) is 1.54. The first-order chi connectivity index (χ1) is 9.60. The highest BCUT2D eigenvalue weighted by molar-refractivity contribution is 5.81. The molecule has 1 aliphatic carbocycles. The topological polar surface area (TPSA) is 41.6 Å². The molecule has 0 radical (unpaired) electrons. The highest BCUT2D eigenvalue weighted by Crippen LogP contribution is 2.40. The van der Waals surface area contributed by atoms with Crippen LogP contribution in [0.2, 0.25) is 0 Å². The van der Waals surface area contributed by atoms with Crippen molar-refractivity contribution in [2.75, 3.05) is 33.3 Å². The molecule has 2 aliphatic rings. The van der Waals surface area contributed by atoms with Crippen molar-refractivity contribution in [2.45, 2.75) is 51.5 Å². The second kappa shape index (κ2) is 6.90.